The minimum absolute atomic E-state index is 0.485. The van der Waals surface area contributed by atoms with Crippen LogP contribution in [0.15, 0.2) is 42.9 Å². The number of hydrazine groups is 1. The summed E-state index contributed by atoms with van der Waals surface area (Å²) in [6.07, 6.45) is 5.82. The molecule has 0 aliphatic carbocycles. The smallest absolute Gasteiger partial charge is 0.139 e. The van der Waals surface area contributed by atoms with E-state index in [0.29, 0.717) is 6.73 Å². The van der Waals surface area contributed by atoms with E-state index in [2.05, 4.69) is 58.4 Å². The first kappa shape index (κ1) is 17.2. The van der Waals surface area contributed by atoms with Gasteiger partial charge in [0.05, 0.1) is 36.0 Å². The molecule has 3 aromatic rings. The Morgan fingerprint density at radius 2 is 2.04 bits per heavy atom. The van der Waals surface area contributed by atoms with Crippen molar-refractivity contribution in [2.45, 2.75) is 39.0 Å². The fourth-order valence-corrected chi connectivity index (χ4v) is 3.85. The first-order valence-electron chi connectivity index (χ1n) is 9.02. The van der Waals surface area contributed by atoms with Gasteiger partial charge in [0.2, 0.25) is 0 Å². The summed E-state index contributed by atoms with van der Waals surface area (Å²) in [5.41, 5.74) is 6.58. The molecule has 0 saturated heterocycles. The maximum absolute atomic E-state index is 5.80. The molecule has 0 atom stereocenters. The Kier molecular flexibility index (Phi) is 4.52. The first-order valence-corrected chi connectivity index (χ1v) is 12.7. The Hall–Kier alpha value is -2.22. The molecule has 1 aliphatic heterocycles. The van der Waals surface area contributed by atoms with Crippen LogP contribution < -0.4 is 10.4 Å². The molecular formula is C19H25N5OSi. The lowest BCUT2D eigenvalue weighted by molar-refractivity contribution is 0.0786. The number of rotatable bonds is 6. The molecule has 1 N–H and O–H groups in total. The van der Waals surface area contributed by atoms with Gasteiger partial charge >= 0.3 is 0 Å². The van der Waals surface area contributed by atoms with Crippen molar-refractivity contribution in [2.24, 2.45) is 0 Å². The summed E-state index contributed by atoms with van der Waals surface area (Å²) in [5, 5.41) is 8.87. The number of nitrogens with zero attached hydrogens (tertiary/aromatic N) is 4. The fourth-order valence-electron chi connectivity index (χ4n) is 3.10. The predicted octanol–water partition coefficient (Wildman–Crippen LogP) is 3.90. The third kappa shape index (κ3) is 3.51. The maximum atomic E-state index is 5.80. The standard InChI is InChI=1S/C19H25N5OSi/c1-26(2,3)9-8-25-14-23-13-16(11-21-23)24-19-17-7-5-4-6-15(17)10-20-18(19)12-22-24/h4-7,10-11,13,22H,8-9,12,14H2,1-3H3. The van der Waals surface area contributed by atoms with Crippen molar-refractivity contribution in [1.82, 2.24) is 20.2 Å². The Morgan fingerprint density at radius 1 is 1.19 bits per heavy atom. The summed E-state index contributed by atoms with van der Waals surface area (Å²) in [6, 6.07) is 9.50. The number of nitrogens with one attached hydrogen (secondary N) is 1. The predicted molar refractivity (Wildman–Crippen MR) is 107 cm³/mol. The summed E-state index contributed by atoms with van der Waals surface area (Å²) in [7, 11) is -1.06. The van der Waals surface area contributed by atoms with E-state index >= 15 is 0 Å². The quantitative estimate of drug-likeness (QED) is 0.529. The van der Waals surface area contributed by atoms with Crippen LogP contribution in [0.5, 0.6) is 0 Å². The zero-order valence-corrected chi connectivity index (χ0v) is 16.6. The average Bonchev–Trinajstić information content (AvgIpc) is 3.24. The van der Waals surface area contributed by atoms with Gasteiger partial charge in [-0.05, 0) is 6.04 Å². The topological polar surface area (TPSA) is 55.2 Å². The normalized spacial score (nSPS) is 14.2. The lowest BCUT2D eigenvalue weighted by atomic mass is 10.1. The van der Waals surface area contributed by atoms with E-state index in [9.17, 15) is 0 Å². The summed E-state index contributed by atoms with van der Waals surface area (Å²) in [4.78, 5) is 4.60. The van der Waals surface area contributed by atoms with Crippen molar-refractivity contribution in [1.29, 1.82) is 0 Å². The number of anilines is 2. The number of benzene rings is 1. The largest absolute Gasteiger partial charge is 0.360 e. The Bertz CT molecular complexity index is 918. The average molecular weight is 368 g/mol. The summed E-state index contributed by atoms with van der Waals surface area (Å²) >= 11 is 0. The zero-order valence-electron chi connectivity index (χ0n) is 15.6. The van der Waals surface area contributed by atoms with Crippen LogP contribution >= 0.6 is 0 Å². The van der Waals surface area contributed by atoms with Crippen LogP contribution in [0.4, 0.5) is 11.4 Å². The van der Waals surface area contributed by atoms with Crippen molar-refractivity contribution in [3.05, 3.63) is 48.5 Å². The van der Waals surface area contributed by atoms with E-state index in [1.54, 1.807) is 0 Å². The van der Waals surface area contributed by atoms with Gasteiger partial charge < -0.3 is 4.74 Å². The highest BCUT2D eigenvalue weighted by atomic mass is 28.3. The molecule has 26 heavy (non-hydrogen) atoms. The van der Waals surface area contributed by atoms with Gasteiger partial charge in [-0.1, -0.05) is 43.9 Å². The van der Waals surface area contributed by atoms with Gasteiger partial charge in [-0.15, -0.1) is 0 Å². The van der Waals surface area contributed by atoms with Crippen LogP contribution in [-0.2, 0) is 18.0 Å². The Balaban J connectivity index is 1.51. The van der Waals surface area contributed by atoms with E-state index in [1.165, 1.54) is 11.4 Å². The molecular weight excluding hydrogens is 342 g/mol. The SMILES string of the molecule is C[Si](C)(C)CCOCn1cc(N2NCc3ncc4ccccc4c32)cn1. The molecule has 4 rings (SSSR count). The summed E-state index contributed by atoms with van der Waals surface area (Å²) < 4.78 is 7.64. The van der Waals surface area contributed by atoms with Gasteiger partial charge in [0, 0.05) is 31.7 Å². The number of hydrogen-bond acceptors (Lipinski definition) is 5. The first-order chi connectivity index (χ1) is 12.5. The number of pyridine rings is 1. The third-order valence-electron chi connectivity index (χ3n) is 4.57. The minimum atomic E-state index is -1.06. The molecule has 2 aromatic heterocycles. The molecule has 0 fully saturated rings. The molecule has 1 aromatic carbocycles. The maximum Gasteiger partial charge on any atom is 0.139 e. The van der Waals surface area contributed by atoms with Crippen molar-refractivity contribution in [3.63, 3.8) is 0 Å². The third-order valence-corrected chi connectivity index (χ3v) is 6.28. The molecule has 0 spiro atoms. The van der Waals surface area contributed by atoms with Crippen LogP contribution in [0.25, 0.3) is 10.8 Å². The van der Waals surface area contributed by atoms with E-state index in [1.807, 2.05) is 29.3 Å². The molecule has 0 radical (unpaired) electrons. The van der Waals surface area contributed by atoms with E-state index < -0.39 is 8.07 Å². The number of aromatic nitrogens is 3. The van der Waals surface area contributed by atoms with Crippen molar-refractivity contribution < 1.29 is 4.74 Å². The van der Waals surface area contributed by atoms with Crippen LogP contribution in [0.3, 0.4) is 0 Å². The van der Waals surface area contributed by atoms with E-state index in [4.69, 9.17) is 4.74 Å². The molecule has 6 nitrogen and oxygen atoms in total. The number of hydrogen-bond donors (Lipinski definition) is 1. The Morgan fingerprint density at radius 3 is 2.88 bits per heavy atom. The van der Waals surface area contributed by atoms with Gasteiger partial charge in [0.25, 0.3) is 0 Å². The molecule has 1 aliphatic rings. The molecule has 0 saturated carbocycles. The molecule has 0 bridgehead atoms. The highest BCUT2D eigenvalue weighted by molar-refractivity contribution is 6.76. The second-order valence-corrected chi connectivity index (χ2v) is 13.5. The zero-order chi connectivity index (χ0) is 18.1. The number of ether oxygens (including phenoxy) is 1. The summed E-state index contributed by atoms with van der Waals surface area (Å²) in [5.74, 6) is 0. The van der Waals surface area contributed by atoms with Gasteiger partial charge in [0.1, 0.15) is 6.73 Å². The Labute approximate surface area is 154 Å². The highest BCUT2D eigenvalue weighted by Crippen LogP contribution is 2.36. The van der Waals surface area contributed by atoms with Gasteiger partial charge in [-0.3, -0.25) is 9.99 Å². The number of fused-ring (bicyclic) bond motifs is 3. The fraction of sp³-hybridized carbons (Fsp3) is 0.368. The summed E-state index contributed by atoms with van der Waals surface area (Å²) in [6.45, 7) is 9.08. The molecule has 0 unspecified atom stereocenters. The van der Waals surface area contributed by atoms with Crippen molar-refractivity contribution in [2.75, 3.05) is 11.6 Å². The second kappa shape index (κ2) is 6.83. The monoisotopic (exact) mass is 367 g/mol. The minimum Gasteiger partial charge on any atom is -0.360 e. The molecule has 7 heteroatoms. The highest BCUT2D eigenvalue weighted by Gasteiger charge is 2.25. The van der Waals surface area contributed by atoms with E-state index in [-0.39, 0.29) is 0 Å². The van der Waals surface area contributed by atoms with Crippen molar-refractivity contribution >= 4 is 30.2 Å². The molecule has 3 heterocycles. The van der Waals surface area contributed by atoms with Gasteiger partial charge in [-0.2, -0.15) is 5.10 Å². The van der Waals surface area contributed by atoms with Gasteiger partial charge in [0.15, 0.2) is 0 Å². The van der Waals surface area contributed by atoms with E-state index in [0.717, 1.165) is 35.6 Å². The van der Waals surface area contributed by atoms with Crippen LogP contribution in [0.2, 0.25) is 25.7 Å². The second-order valence-electron chi connectivity index (χ2n) is 7.90. The lowest BCUT2D eigenvalue weighted by Gasteiger charge is -2.18. The van der Waals surface area contributed by atoms with Gasteiger partial charge in [-0.25, -0.2) is 10.1 Å². The lowest BCUT2D eigenvalue weighted by Crippen LogP contribution is -2.26. The molecule has 136 valence electrons. The van der Waals surface area contributed by atoms with Crippen molar-refractivity contribution in [3.8, 4) is 0 Å². The van der Waals surface area contributed by atoms with Crippen LogP contribution in [0.1, 0.15) is 5.69 Å². The van der Waals surface area contributed by atoms with Crippen LogP contribution in [0, 0.1) is 0 Å². The molecule has 0 amide bonds. The van der Waals surface area contributed by atoms with Crippen LogP contribution in [-0.4, -0.2) is 29.4 Å².